The molecule has 168 valence electrons. The predicted octanol–water partition coefficient (Wildman–Crippen LogP) is 9.03. The number of hydrogen-bond donors (Lipinski definition) is 0. The van der Waals surface area contributed by atoms with Crippen molar-refractivity contribution < 1.29 is 0 Å². The van der Waals surface area contributed by atoms with E-state index >= 15 is 0 Å². The van der Waals surface area contributed by atoms with Gasteiger partial charge in [0, 0.05) is 6.54 Å². The molecule has 0 bridgehead atoms. The van der Waals surface area contributed by atoms with E-state index in [9.17, 15) is 0 Å². The van der Waals surface area contributed by atoms with Crippen molar-refractivity contribution in [1.82, 2.24) is 4.90 Å². The van der Waals surface area contributed by atoms with Gasteiger partial charge >= 0.3 is 0 Å². The second-order valence-corrected chi connectivity index (χ2v) is 9.23. The van der Waals surface area contributed by atoms with Crippen molar-refractivity contribution in [3.8, 4) is 0 Å². The maximum Gasteiger partial charge on any atom is 0.0162 e. The third-order valence-corrected chi connectivity index (χ3v) is 5.55. The van der Waals surface area contributed by atoms with Gasteiger partial charge in [0.15, 0.2) is 0 Å². The van der Waals surface area contributed by atoms with Crippen molar-refractivity contribution in [2.45, 2.75) is 112 Å². The Kier molecular flexibility index (Phi) is 18.2. The highest BCUT2D eigenvalue weighted by Crippen LogP contribution is 2.13. The standard InChI is InChI=1S/C28H51N/c1-8-9-10-11-12-23-29(7)24-22-28(6)21-15-20-27(5)19-14-18-26(4)17-13-16-25(2)3/h16,18,20,22H,8-15,17,19,21,23-24H2,1-7H3. The van der Waals surface area contributed by atoms with Crippen LogP contribution in [0.4, 0.5) is 0 Å². The number of likely N-dealkylation sites (N-methyl/N-ethyl adjacent to an activating group) is 1. The van der Waals surface area contributed by atoms with Gasteiger partial charge in [-0.25, -0.2) is 0 Å². The molecule has 1 nitrogen and oxygen atoms in total. The summed E-state index contributed by atoms with van der Waals surface area (Å²) in [4.78, 5) is 2.46. The lowest BCUT2D eigenvalue weighted by atomic mass is 10.0. The van der Waals surface area contributed by atoms with E-state index in [2.05, 4.69) is 77.8 Å². The van der Waals surface area contributed by atoms with Crippen molar-refractivity contribution in [2.75, 3.05) is 20.1 Å². The van der Waals surface area contributed by atoms with Crippen molar-refractivity contribution in [2.24, 2.45) is 0 Å². The second kappa shape index (κ2) is 18.9. The van der Waals surface area contributed by atoms with Gasteiger partial charge in [0.25, 0.3) is 0 Å². The lowest BCUT2D eigenvalue weighted by Crippen LogP contribution is -2.19. The fraction of sp³-hybridized carbons (Fsp3) is 0.714. The summed E-state index contributed by atoms with van der Waals surface area (Å²) in [7, 11) is 2.25. The topological polar surface area (TPSA) is 3.24 Å². The molecular formula is C28H51N. The van der Waals surface area contributed by atoms with E-state index in [0.717, 1.165) is 6.54 Å². The number of hydrogen-bond acceptors (Lipinski definition) is 1. The minimum Gasteiger partial charge on any atom is -0.303 e. The molecule has 0 N–H and O–H groups in total. The van der Waals surface area contributed by atoms with Gasteiger partial charge in [-0.15, -0.1) is 0 Å². The Morgan fingerprint density at radius 3 is 1.62 bits per heavy atom. The van der Waals surface area contributed by atoms with Crippen LogP contribution in [0.25, 0.3) is 0 Å². The highest BCUT2D eigenvalue weighted by molar-refractivity contribution is 5.07. The number of nitrogens with zero attached hydrogens (tertiary/aromatic N) is 1. The molecule has 0 aromatic rings. The zero-order valence-corrected chi connectivity index (χ0v) is 20.9. The van der Waals surface area contributed by atoms with Crippen molar-refractivity contribution in [3.05, 3.63) is 46.6 Å². The molecule has 1 heteroatoms. The molecule has 0 amide bonds. The molecule has 0 aliphatic heterocycles. The molecule has 0 fully saturated rings. The zero-order valence-electron chi connectivity index (χ0n) is 20.9. The molecule has 0 radical (unpaired) electrons. The SMILES string of the molecule is CCCCCCCN(C)CC=C(C)CCC=C(C)CCC=C(C)CCC=C(C)C. The van der Waals surface area contributed by atoms with Gasteiger partial charge in [-0.3, -0.25) is 0 Å². The molecule has 0 aliphatic carbocycles. The average molecular weight is 402 g/mol. The van der Waals surface area contributed by atoms with Gasteiger partial charge in [0.2, 0.25) is 0 Å². The van der Waals surface area contributed by atoms with Crippen molar-refractivity contribution >= 4 is 0 Å². The molecule has 0 atom stereocenters. The van der Waals surface area contributed by atoms with Gasteiger partial charge in [-0.1, -0.05) is 79.2 Å². The average Bonchev–Trinajstić information content (AvgIpc) is 2.66. The molecule has 0 saturated heterocycles. The summed E-state index contributed by atoms with van der Waals surface area (Å²) in [5.41, 5.74) is 6.02. The van der Waals surface area contributed by atoms with Gasteiger partial charge in [0.05, 0.1) is 0 Å². The maximum absolute atomic E-state index is 2.46. The Bertz CT molecular complexity index is 514. The van der Waals surface area contributed by atoms with Gasteiger partial charge < -0.3 is 4.90 Å². The third kappa shape index (κ3) is 20.0. The smallest absolute Gasteiger partial charge is 0.0162 e. The molecule has 0 aliphatic rings. The summed E-state index contributed by atoms with van der Waals surface area (Å²) in [6.07, 6.45) is 23.6. The number of rotatable bonds is 17. The molecule has 0 saturated carbocycles. The fourth-order valence-corrected chi connectivity index (χ4v) is 3.38. The van der Waals surface area contributed by atoms with Crippen LogP contribution in [-0.2, 0) is 0 Å². The summed E-state index contributed by atoms with van der Waals surface area (Å²) in [6, 6.07) is 0. The Hall–Kier alpha value is -1.08. The van der Waals surface area contributed by atoms with E-state index in [0.29, 0.717) is 0 Å². The Morgan fingerprint density at radius 2 is 1.10 bits per heavy atom. The Balaban J connectivity index is 3.96. The summed E-state index contributed by atoms with van der Waals surface area (Å²) in [6.45, 7) is 15.8. The van der Waals surface area contributed by atoms with Gasteiger partial charge in [0.1, 0.15) is 0 Å². The molecular weight excluding hydrogens is 350 g/mol. The minimum atomic E-state index is 1.10. The van der Waals surface area contributed by atoms with Crippen LogP contribution in [0.3, 0.4) is 0 Å². The highest BCUT2D eigenvalue weighted by atomic mass is 15.1. The molecule has 0 spiro atoms. The van der Waals surface area contributed by atoms with Crippen LogP contribution in [-0.4, -0.2) is 25.0 Å². The Morgan fingerprint density at radius 1 is 0.621 bits per heavy atom. The zero-order chi connectivity index (χ0) is 21.9. The molecule has 0 rings (SSSR count). The van der Waals surface area contributed by atoms with Crippen LogP contribution < -0.4 is 0 Å². The van der Waals surface area contributed by atoms with E-state index in [1.165, 1.54) is 99.5 Å². The van der Waals surface area contributed by atoms with Gasteiger partial charge in [-0.05, 0) is 93.2 Å². The van der Waals surface area contributed by atoms with E-state index in [1.54, 1.807) is 0 Å². The lowest BCUT2D eigenvalue weighted by Gasteiger charge is -2.14. The normalized spacial score (nSPS) is 13.3. The first kappa shape index (κ1) is 27.9. The monoisotopic (exact) mass is 401 g/mol. The van der Waals surface area contributed by atoms with E-state index in [1.807, 2.05) is 0 Å². The summed E-state index contributed by atoms with van der Waals surface area (Å²) in [5.74, 6) is 0. The van der Waals surface area contributed by atoms with E-state index in [4.69, 9.17) is 0 Å². The van der Waals surface area contributed by atoms with Crippen LogP contribution in [0, 0.1) is 0 Å². The number of unbranched alkanes of at least 4 members (excludes halogenated alkanes) is 4. The number of allylic oxidation sites excluding steroid dienone is 7. The molecule has 0 heterocycles. The van der Waals surface area contributed by atoms with Crippen LogP contribution in [0.15, 0.2) is 46.6 Å². The molecule has 0 aromatic heterocycles. The highest BCUT2D eigenvalue weighted by Gasteiger charge is 1.97. The lowest BCUT2D eigenvalue weighted by molar-refractivity contribution is 0.355. The van der Waals surface area contributed by atoms with E-state index in [-0.39, 0.29) is 0 Å². The van der Waals surface area contributed by atoms with Gasteiger partial charge in [-0.2, -0.15) is 0 Å². The van der Waals surface area contributed by atoms with Crippen molar-refractivity contribution in [1.29, 1.82) is 0 Å². The quantitative estimate of drug-likeness (QED) is 0.173. The largest absolute Gasteiger partial charge is 0.303 e. The van der Waals surface area contributed by atoms with Crippen LogP contribution in [0.1, 0.15) is 112 Å². The first-order valence-electron chi connectivity index (χ1n) is 12.1. The fourth-order valence-electron chi connectivity index (χ4n) is 3.38. The first-order chi connectivity index (χ1) is 13.8. The van der Waals surface area contributed by atoms with E-state index < -0.39 is 0 Å². The first-order valence-corrected chi connectivity index (χ1v) is 12.1. The molecule has 0 unspecified atom stereocenters. The summed E-state index contributed by atoms with van der Waals surface area (Å²) >= 11 is 0. The summed E-state index contributed by atoms with van der Waals surface area (Å²) < 4.78 is 0. The predicted molar refractivity (Wildman–Crippen MR) is 135 cm³/mol. The molecule has 29 heavy (non-hydrogen) atoms. The van der Waals surface area contributed by atoms with Crippen LogP contribution >= 0.6 is 0 Å². The Labute approximate surface area is 184 Å². The third-order valence-electron chi connectivity index (χ3n) is 5.55. The van der Waals surface area contributed by atoms with Crippen molar-refractivity contribution in [3.63, 3.8) is 0 Å². The van der Waals surface area contributed by atoms with Crippen LogP contribution in [0.5, 0.6) is 0 Å². The maximum atomic E-state index is 2.46. The minimum absolute atomic E-state index is 1.10. The molecule has 0 aromatic carbocycles. The van der Waals surface area contributed by atoms with Crippen LogP contribution in [0.2, 0.25) is 0 Å². The summed E-state index contributed by atoms with van der Waals surface area (Å²) in [5, 5.41) is 0. The second-order valence-electron chi connectivity index (χ2n) is 9.23.